The SMILES string of the molecule is COc1ccc(COc2ccc(-c3cccn4nc(NC(=O)C5CC5)nc34)cc2)cn1. The van der Waals surface area contributed by atoms with E-state index in [1.807, 2.05) is 54.7 Å². The van der Waals surface area contributed by atoms with Crippen molar-refractivity contribution < 1.29 is 14.3 Å². The third-order valence-corrected chi connectivity index (χ3v) is 5.12. The number of nitrogens with zero attached hydrogens (tertiary/aromatic N) is 4. The lowest BCUT2D eigenvalue weighted by Crippen LogP contribution is -2.14. The molecule has 0 aliphatic heterocycles. The van der Waals surface area contributed by atoms with Crippen molar-refractivity contribution in [1.29, 1.82) is 0 Å². The topological polar surface area (TPSA) is 90.6 Å². The van der Waals surface area contributed by atoms with E-state index >= 15 is 0 Å². The summed E-state index contributed by atoms with van der Waals surface area (Å²) in [4.78, 5) is 20.7. The molecule has 1 aliphatic rings. The number of pyridine rings is 2. The van der Waals surface area contributed by atoms with Gasteiger partial charge in [-0.05, 0) is 48.7 Å². The lowest BCUT2D eigenvalue weighted by molar-refractivity contribution is -0.117. The van der Waals surface area contributed by atoms with Crippen molar-refractivity contribution in [1.82, 2.24) is 19.6 Å². The van der Waals surface area contributed by atoms with Crippen LogP contribution in [0.5, 0.6) is 11.6 Å². The Hall–Kier alpha value is -3.94. The molecule has 0 spiro atoms. The first-order valence-corrected chi connectivity index (χ1v) is 10.1. The summed E-state index contributed by atoms with van der Waals surface area (Å²) in [7, 11) is 1.59. The molecular formula is C23H21N5O3. The van der Waals surface area contributed by atoms with Gasteiger partial charge in [0, 0.05) is 35.5 Å². The van der Waals surface area contributed by atoms with Crippen molar-refractivity contribution in [2.75, 3.05) is 12.4 Å². The number of nitrogens with one attached hydrogen (secondary N) is 1. The third kappa shape index (κ3) is 4.18. The molecule has 0 saturated heterocycles. The molecule has 1 amide bonds. The number of rotatable bonds is 7. The predicted molar refractivity (Wildman–Crippen MR) is 115 cm³/mol. The summed E-state index contributed by atoms with van der Waals surface area (Å²) in [5.74, 6) is 1.76. The van der Waals surface area contributed by atoms with Crippen LogP contribution in [0.25, 0.3) is 16.8 Å². The fraction of sp³-hybridized carbons (Fsp3) is 0.217. The van der Waals surface area contributed by atoms with E-state index in [0.717, 1.165) is 35.3 Å². The highest BCUT2D eigenvalue weighted by Gasteiger charge is 2.30. The van der Waals surface area contributed by atoms with Crippen LogP contribution in [0.2, 0.25) is 0 Å². The molecule has 1 N–H and O–H groups in total. The minimum absolute atomic E-state index is 0.00832. The number of hydrogen-bond donors (Lipinski definition) is 1. The molecule has 1 aliphatic carbocycles. The molecule has 156 valence electrons. The first-order valence-electron chi connectivity index (χ1n) is 10.1. The van der Waals surface area contributed by atoms with Crippen molar-refractivity contribution in [3.8, 4) is 22.8 Å². The fourth-order valence-corrected chi connectivity index (χ4v) is 3.26. The Balaban J connectivity index is 1.31. The number of hydrogen-bond acceptors (Lipinski definition) is 6. The smallest absolute Gasteiger partial charge is 0.249 e. The minimum Gasteiger partial charge on any atom is -0.489 e. The molecule has 3 heterocycles. The van der Waals surface area contributed by atoms with E-state index in [9.17, 15) is 4.79 Å². The van der Waals surface area contributed by atoms with E-state index in [-0.39, 0.29) is 11.8 Å². The number of aromatic nitrogens is 4. The van der Waals surface area contributed by atoms with Crippen LogP contribution < -0.4 is 14.8 Å². The van der Waals surface area contributed by atoms with Crippen LogP contribution in [0, 0.1) is 5.92 Å². The van der Waals surface area contributed by atoms with Gasteiger partial charge in [-0.3, -0.25) is 10.1 Å². The van der Waals surface area contributed by atoms with Crippen LogP contribution >= 0.6 is 0 Å². The van der Waals surface area contributed by atoms with Gasteiger partial charge < -0.3 is 9.47 Å². The molecule has 3 aromatic heterocycles. The van der Waals surface area contributed by atoms with Crippen LogP contribution in [0.15, 0.2) is 60.9 Å². The second-order valence-electron chi connectivity index (χ2n) is 7.41. The zero-order chi connectivity index (χ0) is 21.2. The van der Waals surface area contributed by atoms with E-state index in [2.05, 4.69) is 20.4 Å². The lowest BCUT2D eigenvalue weighted by Gasteiger charge is -2.08. The van der Waals surface area contributed by atoms with Gasteiger partial charge >= 0.3 is 0 Å². The highest BCUT2D eigenvalue weighted by Crippen LogP contribution is 2.30. The molecule has 1 aromatic carbocycles. The molecule has 8 nitrogen and oxygen atoms in total. The van der Waals surface area contributed by atoms with Crippen LogP contribution in [0.4, 0.5) is 5.95 Å². The van der Waals surface area contributed by atoms with Crippen molar-refractivity contribution in [2.45, 2.75) is 19.4 Å². The normalized spacial score (nSPS) is 13.2. The molecule has 0 radical (unpaired) electrons. The summed E-state index contributed by atoms with van der Waals surface area (Å²) >= 11 is 0. The Morgan fingerprint density at radius 1 is 1.16 bits per heavy atom. The zero-order valence-electron chi connectivity index (χ0n) is 17.0. The summed E-state index contributed by atoms with van der Waals surface area (Å²) in [5.41, 5.74) is 3.55. The molecule has 0 atom stereocenters. The van der Waals surface area contributed by atoms with E-state index in [4.69, 9.17) is 9.47 Å². The third-order valence-electron chi connectivity index (χ3n) is 5.12. The Morgan fingerprint density at radius 3 is 2.71 bits per heavy atom. The van der Waals surface area contributed by atoms with Crippen molar-refractivity contribution in [3.63, 3.8) is 0 Å². The summed E-state index contributed by atoms with van der Waals surface area (Å²) in [6.07, 6.45) is 5.43. The van der Waals surface area contributed by atoms with Crippen molar-refractivity contribution in [2.24, 2.45) is 5.92 Å². The average Bonchev–Trinajstić information content (AvgIpc) is 3.58. The number of benzene rings is 1. The van der Waals surface area contributed by atoms with Gasteiger partial charge in [-0.2, -0.15) is 4.98 Å². The highest BCUT2D eigenvalue weighted by molar-refractivity contribution is 5.93. The van der Waals surface area contributed by atoms with Gasteiger partial charge in [0.05, 0.1) is 7.11 Å². The molecule has 1 saturated carbocycles. The molecule has 5 rings (SSSR count). The summed E-state index contributed by atoms with van der Waals surface area (Å²) in [6, 6.07) is 15.4. The number of fused-ring (bicyclic) bond motifs is 1. The molecule has 31 heavy (non-hydrogen) atoms. The summed E-state index contributed by atoms with van der Waals surface area (Å²) < 4.78 is 12.6. The quantitative estimate of drug-likeness (QED) is 0.495. The van der Waals surface area contributed by atoms with E-state index < -0.39 is 0 Å². The van der Waals surface area contributed by atoms with E-state index in [1.54, 1.807) is 17.8 Å². The highest BCUT2D eigenvalue weighted by atomic mass is 16.5. The number of methoxy groups -OCH3 is 1. The molecule has 4 aromatic rings. The predicted octanol–water partition coefficient (Wildman–Crippen LogP) is 3.73. The zero-order valence-corrected chi connectivity index (χ0v) is 17.0. The minimum atomic E-state index is -0.00832. The van der Waals surface area contributed by atoms with Gasteiger partial charge in [0.15, 0.2) is 5.65 Å². The Bertz CT molecular complexity index is 1210. The lowest BCUT2D eigenvalue weighted by atomic mass is 10.1. The fourth-order valence-electron chi connectivity index (χ4n) is 3.26. The first-order chi connectivity index (χ1) is 15.2. The van der Waals surface area contributed by atoms with E-state index in [1.165, 1.54) is 0 Å². The monoisotopic (exact) mass is 415 g/mol. The van der Waals surface area contributed by atoms with Crippen LogP contribution in [-0.4, -0.2) is 32.6 Å². The number of anilines is 1. The summed E-state index contributed by atoms with van der Waals surface area (Å²) in [5, 5.41) is 7.18. The Kier molecular flexibility index (Phi) is 4.95. The number of carbonyl (C=O) groups is 1. The van der Waals surface area contributed by atoms with Gasteiger partial charge in [0.25, 0.3) is 0 Å². The maximum absolute atomic E-state index is 12.0. The van der Waals surface area contributed by atoms with Crippen LogP contribution in [-0.2, 0) is 11.4 Å². The largest absolute Gasteiger partial charge is 0.489 e. The molecule has 1 fully saturated rings. The summed E-state index contributed by atoms with van der Waals surface area (Å²) in [6.45, 7) is 0.417. The first kappa shape index (κ1) is 19.0. The van der Waals surface area contributed by atoms with Crippen molar-refractivity contribution >= 4 is 17.5 Å². The maximum Gasteiger partial charge on any atom is 0.249 e. The van der Waals surface area contributed by atoms with Crippen LogP contribution in [0.1, 0.15) is 18.4 Å². The molecule has 0 unspecified atom stereocenters. The Labute approximate surface area is 178 Å². The van der Waals surface area contributed by atoms with Gasteiger partial charge in [0.1, 0.15) is 12.4 Å². The van der Waals surface area contributed by atoms with Gasteiger partial charge in [-0.1, -0.05) is 12.1 Å². The van der Waals surface area contributed by atoms with Gasteiger partial charge in [-0.15, -0.1) is 5.10 Å². The van der Waals surface area contributed by atoms with E-state index in [0.29, 0.717) is 24.1 Å². The average molecular weight is 415 g/mol. The maximum atomic E-state index is 12.0. The van der Waals surface area contributed by atoms with Gasteiger partial charge in [-0.25, -0.2) is 9.50 Å². The Morgan fingerprint density at radius 2 is 2.00 bits per heavy atom. The molecule has 0 bridgehead atoms. The number of ether oxygens (including phenoxy) is 2. The van der Waals surface area contributed by atoms with Crippen LogP contribution in [0.3, 0.4) is 0 Å². The second kappa shape index (κ2) is 8.06. The second-order valence-corrected chi connectivity index (χ2v) is 7.41. The molecular weight excluding hydrogens is 394 g/mol. The standard InChI is InChI=1S/C23H21N5O3/c1-30-20-11-4-15(13-24-20)14-31-18-9-7-16(8-10-18)19-3-2-12-28-21(19)25-23(27-28)26-22(29)17-5-6-17/h2-4,7-13,17H,5-6,14H2,1H3,(H,26,27,29). The molecule has 8 heteroatoms. The van der Waals surface area contributed by atoms with Gasteiger partial charge in [0.2, 0.25) is 17.7 Å². The number of amides is 1. The number of carbonyl (C=O) groups excluding carboxylic acids is 1. The van der Waals surface area contributed by atoms with Crippen molar-refractivity contribution in [3.05, 3.63) is 66.5 Å².